The van der Waals surface area contributed by atoms with Crippen molar-refractivity contribution in [1.82, 2.24) is 4.90 Å². The van der Waals surface area contributed by atoms with Crippen molar-refractivity contribution in [2.45, 2.75) is 19.5 Å². The molecule has 0 amide bonds. The highest BCUT2D eigenvalue weighted by Gasteiger charge is 2.09. The van der Waals surface area contributed by atoms with Gasteiger partial charge in [-0.05, 0) is 43.8 Å². The highest BCUT2D eigenvalue weighted by atomic mass is 19.1. The van der Waals surface area contributed by atoms with Crippen molar-refractivity contribution in [3.8, 4) is 0 Å². The summed E-state index contributed by atoms with van der Waals surface area (Å²) >= 11 is 0. The summed E-state index contributed by atoms with van der Waals surface area (Å²) in [7, 11) is 2.08. The third kappa shape index (κ3) is 4.35. The smallest absolute Gasteiger partial charge is 0.123 e. The minimum Gasteiger partial charge on any atom is -0.383 e. The van der Waals surface area contributed by atoms with Crippen LogP contribution in [0.5, 0.6) is 0 Å². The topological polar surface area (TPSA) is 15.3 Å². The zero-order chi connectivity index (χ0) is 14.4. The van der Waals surface area contributed by atoms with Gasteiger partial charge in [0.05, 0.1) is 0 Å². The molecule has 0 spiro atoms. The second-order valence-corrected chi connectivity index (χ2v) is 5.14. The van der Waals surface area contributed by atoms with Crippen LogP contribution in [0, 0.1) is 5.82 Å². The third-order valence-corrected chi connectivity index (χ3v) is 3.47. The largest absolute Gasteiger partial charge is 0.383 e. The molecule has 0 saturated carbocycles. The van der Waals surface area contributed by atoms with Gasteiger partial charge < -0.3 is 5.32 Å². The van der Waals surface area contributed by atoms with Crippen molar-refractivity contribution in [2.75, 3.05) is 18.9 Å². The fraction of sp³-hybridized carbons (Fsp3) is 0.294. The number of halogens is 1. The first-order valence-corrected chi connectivity index (χ1v) is 6.89. The summed E-state index contributed by atoms with van der Waals surface area (Å²) in [6, 6.07) is 17.3. The molecule has 1 atom stereocenters. The van der Waals surface area contributed by atoms with E-state index < -0.39 is 0 Å². The highest BCUT2D eigenvalue weighted by Crippen LogP contribution is 2.10. The molecular formula is C17H21FN2. The van der Waals surface area contributed by atoms with Gasteiger partial charge in [-0.25, -0.2) is 4.39 Å². The van der Waals surface area contributed by atoms with Gasteiger partial charge in [0.2, 0.25) is 0 Å². The number of benzene rings is 2. The fourth-order valence-corrected chi connectivity index (χ4v) is 2.01. The van der Waals surface area contributed by atoms with Crippen LogP contribution in [0.3, 0.4) is 0 Å². The Morgan fingerprint density at radius 2 is 1.70 bits per heavy atom. The Balaban J connectivity index is 1.82. The van der Waals surface area contributed by atoms with Gasteiger partial charge in [-0.2, -0.15) is 0 Å². The molecule has 2 nitrogen and oxygen atoms in total. The van der Waals surface area contributed by atoms with Crippen LogP contribution in [0.1, 0.15) is 12.5 Å². The summed E-state index contributed by atoms with van der Waals surface area (Å²) in [4.78, 5) is 2.25. The molecule has 3 heteroatoms. The molecule has 2 aromatic rings. The fourth-order valence-electron chi connectivity index (χ4n) is 2.01. The van der Waals surface area contributed by atoms with Crippen LogP contribution in [0.2, 0.25) is 0 Å². The monoisotopic (exact) mass is 272 g/mol. The van der Waals surface area contributed by atoms with Gasteiger partial charge >= 0.3 is 0 Å². The number of nitrogens with one attached hydrogen (secondary N) is 1. The molecule has 0 aliphatic rings. The summed E-state index contributed by atoms with van der Waals surface area (Å²) < 4.78 is 12.9. The van der Waals surface area contributed by atoms with Crippen molar-refractivity contribution in [3.05, 3.63) is 66.0 Å². The van der Waals surface area contributed by atoms with Gasteiger partial charge in [-0.15, -0.1) is 0 Å². The summed E-state index contributed by atoms with van der Waals surface area (Å²) in [6.07, 6.45) is 0. The minimum atomic E-state index is -0.185. The quantitative estimate of drug-likeness (QED) is 0.861. The molecule has 0 aliphatic heterocycles. The maximum atomic E-state index is 12.9. The van der Waals surface area contributed by atoms with E-state index >= 15 is 0 Å². The SMILES string of the molecule is CC(CNc1ccccc1)N(C)Cc1ccc(F)cc1. The van der Waals surface area contributed by atoms with E-state index in [1.807, 2.05) is 30.3 Å². The van der Waals surface area contributed by atoms with Crippen LogP contribution in [0.25, 0.3) is 0 Å². The van der Waals surface area contributed by atoms with Crippen molar-refractivity contribution in [3.63, 3.8) is 0 Å². The Kier molecular flexibility index (Phi) is 5.13. The van der Waals surface area contributed by atoms with E-state index in [2.05, 4.69) is 36.3 Å². The molecule has 2 rings (SSSR count). The molecule has 20 heavy (non-hydrogen) atoms. The normalized spacial score (nSPS) is 12.4. The average Bonchev–Trinajstić information content (AvgIpc) is 2.48. The van der Waals surface area contributed by atoms with E-state index in [-0.39, 0.29) is 5.82 Å². The molecule has 0 heterocycles. The Morgan fingerprint density at radius 3 is 2.35 bits per heavy atom. The first-order valence-electron chi connectivity index (χ1n) is 6.89. The second-order valence-electron chi connectivity index (χ2n) is 5.14. The zero-order valence-corrected chi connectivity index (χ0v) is 12.0. The first-order chi connectivity index (χ1) is 9.65. The number of nitrogens with zero attached hydrogens (tertiary/aromatic N) is 1. The molecule has 106 valence electrons. The Morgan fingerprint density at radius 1 is 1.05 bits per heavy atom. The van der Waals surface area contributed by atoms with Crippen LogP contribution in [0.4, 0.5) is 10.1 Å². The lowest BCUT2D eigenvalue weighted by Crippen LogP contribution is -2.34. The van der Waals surface area contributed by atoms with E-state index in [0.717, 1.165) is 24.3 Å². The van der Waals surface area contributed by atoms with E-state index in [4.69, 9.17) is 0 Å². The van der Waals surface area contributed by atoms with E-state index in [0.29, 0.717) is 6.04 Å². The van der Waals surface area contributed by atoms with Gasteiger partial charge in [-0.3, -0.25) is 4.90 Å². The molecular weight excluding hydrogens is 251 g/mol. The van der Waals surface area contributed by atoms with Crippen molar-refractivity contribution < 1.29 is 4.39 Å². The van der Waals surface area contributed by atoms with E-state index in [9.17, 15) is 4.39 Å². The predicted molar refractivity (Wildman–Crippen MR) is 82.3 cm³/mol. The highest BCUT2D eigenvalue weighted by molar-refractivity contribution is 5.42. The van der Waals surface area contributed by atoms with Gasteiger partial charge in [0.25, 0.3) is 0 Å². The third-order valence-electron chi connectivity index (χ3n) is 3.47. The lowest BCUT2D eigenvalue weighted by Gasteiger charge is -2.25. The number of para-hydroxylation sites is 1. The standard InChI is InChI=1S/C17H21FN2/c1-14(12-19-17-6-4-3-5-7-17)20(2)13-15-8-10-16(18)11-9-15/h3-11,14,19H,12-13H2,1-2H3. The maximum absolute atomic E-state index is 12.9. The number of hydrogen-bond acceptors (Lipinski definition) is 2. The summed E-state index contributed by atoms with van der Waals surface area (Å²) in [5.41, 5.74) is 2.26. The molecule has 1 N–H and O–H groups in total. The van der Waals surface area contributed by atoms with E-state index in [1.165, 1.54) is 12.1 Å². The maximum Gasteiger partial charge on any atom is 0.123 e. The lowest BCUT2D eigenvalue weighted by atomic mass is 10.2. The van der Waals surface area contributed by atoms with Gasteiger partial charge in [-0.1, -0.05) is 30.3 Å². The van der Waals surface area contributed by atoms with Crippen LogP contribution in [-0.4, -0.2) is 24.5 Å². The zero-order valence-electron chi connectivity index (χ0n) is 12.0. The van der Waals surface area contributed by atoms with Crippen LogP contribution in [-0.2, 0) is 6.54 Å². The molecule has 1 unspecified atom stereocenters. The second kappa shape index (κ2) is 7.06. The Bertz CT molecular complexity index is 510. The number of hydrogen-bond donors (Lipinski definition) is 1. The minimum absolute atomic E-state index is 0.185. The van der Waals surface area contributed by atoms with Crippen LogP contribution >= 0.6 is 0 Å². The molecule has 0 bridgehead atoms. The lowest BCUT2D eigenvalue weighted by molar-refractivity contribution is 0.259. The van der Waals surface area contributed by atoms with Gasteiger partial charge in [0, 0.05) is 24.8 Å². The Hall–Kier alpha value is -1.87. The van der Waals surface area contributed by atoms with Crippen molar-refractivity contribution in [1.29, 1.82) is 0 Å². The molecule has 2 aromatic carbocycles. The number of likely N-dealkylation sites (N-methyl/N-ethyl adjacent to an activating group) is 1. The summed E-state index contributed by atoms with van der Waals surface area (Å²) in [5.74, 6) is -0.185. The van der Waals surface area contributed by atoms with Crippen LogP contribution in [0.15, 0.2) is 54.6 Å². The number of rotatable bonds is 6. The summed E-state index contributed by atoms with van der Waals surface area (Å²) in [6.45, 7) is 3.87. The summed E-state index contributed by atoms with van der Waals surface area (Å²) in [5, 5.41) is 3.42. The van der Waals surface area contributed by atoms with Gasteiger partial charge in [0.15, 0.2) is 0 Å². The Labute approximate surface area is 120 Å². The average molecular weight is 272 g/mol. The van der Waals surface area contributed by atoms with E-state index in [1.54, 1.807) is 0 Å². The predicted octanol–water partition coefficient (Wildman–Crippen LogP) is 3.76. The molecule has 0 aromatic heterocycles. The molecule has 0 saturated heterocycles. The molecule has 0 radical (unpaired) electrons. The van der Waals surface area contributed by atoms with Crippen molar-refractivity contribution in [2.24, 2.45) is 0 Å². The molecule has 0 aliphatic carbocycles. The number of anilines is 1. The van der Waals surface area contributed by atoms with Crippen molar-refractivity contribution >= 4 is 5.69 Å². The van der Waals surface area contributed by atoms with Crippen LogP contribution < -0.4 is 5.32 Å². The van der Waals surface area contributed by atoms with Gasteiger partial charge in [0.1, 0.15) is 5.82 Å². The first kappa shape index (κ1) is 14.5. The molecule has 0 fully saturated rings.